The number of nitrogens with one attached hydrogen (secondary N) is 1. The Labute approximate surface area is 245 Å². The summed E-state index contributed by atoms with van der Waals surface area (Å²) in [6.07, 6.45) is 51.5. The molecule has 0 aliphatic carbocycles. The standard InChI is InChI=1S/C37H68NO/c1-3-5-7-9-11-13-15-17-19-21-23-25-27-29-31-33-35-37(38-39)36-34-32-30-28-26-24-22-20-18-16-14-12-10-8-6-4-2/h11-14,17-20,37-38H,3-10,15-16,21-36H2,1-2H3/q-1/b13-11-,14-12-,19-17-,20-18-. The van der Waals surface area contributed by atoms with Crippen molar-refractivity contribution in [1.29, 1.82) is 0 Å². The summed E-state index contributed by atoms with van der Waals surface area (Å²) in [4.78, 5) is 0. The molecule has 0 aromatic rings. The highest BCUT2D eigenvalue weighted by atomic mass is 16.5. The van der Waals surface area contributed by atoms with Crippen molar-refractivity contribution in [3.63, 3.8) is 0 Å². The molecule has 0 bridgehead atoms. The molecule has 0 saturated carbocycles. The fourth-order valence-corrected chi connectivity index (χ4v) is 5.02. The van der Waals surface area contributed by atoms with E-state index in [0.29, 0.717) is 0 Å². The lowest BCUT2D eigenvalue weighted by Crippen LogP contribution is -2.23. The number of hydroxylamine groups is 1. The van der Waals surface area contributed by atoms with Gasteiger partial charge in [-0.25, -0.2) is 0 Å². The van der Waals surface area contributed by atoms with Crippen LogP contribution in [0.4, 0.5) is 0 Å². The van der Waals surface area contributed by atoms with Crippen molar-refractivity contribution < 1.29 is 0 Å². The molecular formula is C37H68NO-. The minimum absolute atomic E-state index is 0.182. The van der Waals surface area contributed by atoms with Crippen LogP contribution in [0.5, 0.6) is 0 Å². The molecule has 0 aliphatic rings. The Morgan fingerprint density at radius 1 is 0.410 bits per heavy atom. The highest BCUT2D eigenvalue weighted by Crippen LogP contribution is 2.15. The lowest BCUT2D eigenvalue weighted by Gasteiger charge is -2.22. The topological polar surface area (TPSA) is 35.1 Å². The van der Waals surface area contributed by atoms with Crippen LogP contribution in [0.2, 0.25) is 0 Å². The van der Waals surface area contributed by atoms with Gasteiger partial charge in [0.15, 0.2) is 0 Å². The molecule has 0 radical (unpaired) electrons. The van der Waals surface area contributed by atoms with E-state index in [9.17, 15) is 5.21 Å². The van der Waals surface area contributed by atoms with Crippen LogP contribution in [-0.4, -0.2) is 6.04 Å². The first-order valence-corrected chi connectivity index (χ1v) is 17.3. The van der Waals surface area contributed by atoms with E-state index in [1.54, 1.807) is 0 Å². The molecule has 0 unspecified atom stereocenters. The normalized spacial score (nSPS) is 12.5. The molecule has 0 aromatic heterocycles. The Bertz CT molecular complexity index is 514. The van der Waals surface area contributed by atoms with Crippen molar-refractivity contribution in [2.45, 2.75) is 187 Å². The summed E-state index contributed by atoms with van der Waals surface area (Å²) in [5.41, 5.74) is 2.33. The summed E-state index contributed by atoms with van der Waals surface area (Å²) in [5.74, 6) is 0. The van der Waals surface area contributed by atoms with Crippen LogP contribution in [-0.2, 0) is 0 Å². The highest BCUT2D eigenvalue weighted by Gasteiger charge is 2.03. The van der Waals surface area contributed by atoms with E-state index in [1.807, 2.05) is 0 Å². The van der Waals surface area contributed by atoms with Crippen molar-refractivity contribution in [1.82, 2.24) is 5.48 Å². The second-order valence-corrected chi connectivity index (χ2v) is 11.6. The van der Waals surface area contributed by atoms with Crippen molar-refractivity contribution in [3.05, 3.63) is 53.8 Å². The van der Waals surface area contributed by atoms with Crippen LogP contribution in [0.25, 0.3) is 0 Å². The van der Waals surface area contributed by atoms with Gasteiger partial charge in [0, 0.05) is 0 Å². The van der Waals surface area contributed by atoms with Gasteiger partial charge in [-0.05, 0) is 83.1 Å². The van der Waals surface area contributed by atoms with Crippen LogP contribution in [0.15, 0.2) is 48.6 Å². The summed E-state index contributed by atoms with van der Waals surface area (Å²) in [6.45, 7) is 4.52. The maximum Gasteiger partial charge on any atom is -0.00510 e. The van der Waals surface area contributed by atoms with E-state index in [0.717, 1.165) is 25.7 Å². The van der Waals surface area contributed by atoms with Gasteiger partial charge >= 0.3 is 0 Å². The quantitative estimate of drug-likeness (QED) is 0.0537. The maximum absolute atomic E-state index is 11.3. The molecule has 0 aliphatic heterocycles. The van der Waals surface area contributed by atoms with Gasteiger partial charge in [-0.1, -0.05) is 152 Å². The molecule has 39 heavy (non-hydrogen) atoms. The number of unbranched alkanes of at least 4 members (excludes halogenated alkanes) is 18. The Kier molecular flexibility index (Phi) is 33.9. The number of allylic oxidation sites excluding steroid dienone is 8. The van der Waals surface area contributed by atoms with E-state index in [1.165, 1.54) is 141 Å². The van der Waals surface area contributed by atoms with Crippen molar-refractivity contribution in [2.24, 2.45) is 0 Å². The average Bonchev–Trinajstić information content (AvgIpc) is 2.95. The maximum atomic E-state index is 11.3. The predicted molar refractivity (Wildman–Crippen MR) is 178 cm³/mol. The third-order valence-corrected chi connectivity index (χ3v) is 7.67. The summed E-state index contributed by atoms with van der Waals surface area (Å²) in [7, 11) is 0. The zero-order chi connectivity index (χ0) is 28.3. The van der Waals surface area contributed by atoms with Crippen molar-refractivity contribution >= 4 is 0 Å². The van der Waals surface area contributed by atoms with Crippen molar-refractivity contribution in [3.8, 4) is 0 Å². The molecule has 0 rings (SSSR count). The zero-order valence-corrected chi connectivity index (χ0v) is 26.5. The van der Waals surface area contributed by atoms with Crippen LogP contribution >= 0.6 is 0 Å². The molecule has 1 N–H and O–H groups in total. The predicted octanol–water partition coefficient (Wildman–Crippen LogP) is 12.8. The molecular weight excluding hydrogens is 474 g/mol. The Balaban J connectivity index is 3.41. The van der Waals surface area contributed by atoms with Gasteiger partial charge in [0.2, 0.25) is 0 Å². The largest absolute Gasteiger partial charge is 0.788 e. The number of hydrogen-bond donors (Lipinski definition) is 1. The van der Waals surface area contributed by atoms with Crippen LogP contribution in [0.3, 0.4) is 0 Å². The first-order valence-electron chi connectivity index (χ1n) is 17.3. The van der Waals surface area contributed by atoms with Gasteiger partial charge in [0.25, 0.3) is 0 Å². The summed E-state index contributed by atoms with van der Waals surface area (Å²) >= 11 is 0. The fraction of sp³-hybridized carbons (Fsp3) is 0.784. The van der Waals surface area contributed by atoms with Gasteiger partial charge < -0.3 is 10.7 Å². The van der Waals surface area contributed by atoms with E-state index in [-0.39, 0.29) is 6.04 Å². The van der Waals surface area contributed by atoms with Gasteiger partial charge in [-0.2, -0.15) is 0 Å². The molecule has 2 heteroatoms. The zero-order valence-electron chi connectivity index (χ0n) is 26.5. The SMILES string of the molecule is CCCCC/C=C\C/C=C\CCCCCCCCC(CCCCCCCC/C=C\C/C=C\CCCCC)N[O-]. The smallest absolute Gasteiger partial charge is 0.00510 e. The Morgan fingerprint density at radius 3 is 1.05 bits per heavy atom. The van der Waals surface area contributed by atoms with Gasteiger partial charge in [0.05, 0.1) is 0 Å². The molecule has 2 nitrogen and oxygen atoms in total. The summed E-state index contributed by atoms with van der Waals surface area (Å²) < 4.78 is 0. The lowest BCUT2D eigenvalue weighted by molar-refractivity contribution is 0.446. The van der Waals surface area contributed by atoms with E-state index in [2.05, 4.69) is 67.9 Å². The van der Waals surface area contributed by atoms with Crippen LogP contribution in [0, 0.1) is 5.21 Å². The number of hydrogen-bond acceptors (Lipinski definition) is 2. The minimum atomic E-state index is 0.182. The van der Waals surface area contributed by atoms with Crippen molar-refractivity contribution in [2.75, 3.05) is 0 Å². The Morgan fingerprint density at radius 2 is 0.718 bits per heavy atom. The van der Waals surface area contributed by atoms with Gasteiger partial charge in [-0.3, -0.25) is 0 Å². The van der Waals surface area contributed by atoms with Crippen LogP contribution in [0.1, 0.15) is 181 Å². The van der Waals surface area contributed by atoms with Crippen LogP contribution < -0.4 is 5.48 Å². The van der Waals surface area contributed by atoms with E-state index in [4.69, 9.17) is 0 Å². The third-order valence-electron chi connectivity index (χ3n) is 7.67. The molecule has 228 valence electrons. The molecule has 0 saturated heterocycles. The summed E-state index contributed by atoms with van der Waals surface area (Å²) in [5, 5.41) is 11.3. The third kappa shape index (κ3) is 33.0. The molecule has 0 heterocycles. The summed E-state index contributed by atoms with van der Waals surface area (Å²) in [6, 6.07) is 0.182. The second-order valence-electron chi connectivity index (χ2n) is 11.6. The molecule has 0 fully saturated rings. The molecule has 0 amide bonds. The number of rotatable bonds is 31. The molecule has 0 atom stereocenters. The molecule has 0 aromatic carbocycles. The lowest BCUT2D eigenvalue weighted by atomic mass is 10.0. The second kappa shape index (κ2) is 34.9. The first kappa shape index (κ1) is 37.9. The Hall–Kier alpha value is -1.12. The molecule has 0 spiro atoms. The van der Waals surface area contributed by atoms with Gasteiger partial charge in [-0.15, -0.1) is 0 Å². The van der Waals surface area contributed by atoms with E-state index >= 15 is 0 Å². The minimum Gasteiger partial charge on any atom is -0.788 e. The van der Waals surface area contributed by atoms with E-state index < -0.39 is 0 Å². The average molecular weight is 543 g/mol. The first-order chi connectivity index (χ1) is 19.3. The van der Waals surface area contributed by atoms with Gasteiger partial charge in [0.1, 0.15) is 0 Å². The highest BCUT2D eigenvalue weighted by molar-refractivity contribution is 4.93. The monoisotopic (exact) mass is 543 g/mol. The fourth-order valence-electron chi connectivity index (χ4n) is 5.02.